The minimum absolute atomic E-state index is 0.140. The lowest BCUT2D eigenvalue weighted by molar-refractivity contribution is 0.0681. The van der Waals surface area contributed by atoms with Gasteiger partial charge in [-0.25, -0.2) is 0 Å². The van der Waals surface area contributed by atoms with Gasteiger partial charge in [0.25, 0.3) is 5.91 Å². The molecule has 0 aromatic heterocycles. The number of amides is 1. The molecule has 1 fully saturated rings. The standard InChI is InChI=1S/C32H38N2O4/c1-22-27-9-7-23(16-25(27)8-10-29(22)36-2)11-14-33-13-5-3-4-6-24(19-33)20-34-15-12-26-17-30-31(38-21-37-30)18-28(26)32(34)35/h7-10,16-18,24H,3-6,11-15,19-21H2,1-2H3. The maximum atomic E-state index is 13.4. The molecule has 3 heterocycles. The number of ether oxygens (including phenoxy) is 3. The van der Waals surface area contributed by atoms with Gasteiger partial charge in [-0.2, -0.15) is 0 Å². The van der Waals surface area contributed by atoms with Gasteiger partial charge in [-0.15, -0.1) is 0 Å². The Balaban J connectivity index is 1.10. The van der Waals surface area contributed by atoms with Gasteiger partial charge in [0.15, 0.2) is 11.5 Å². The third-order valence-corrected chi connectivity index (χ3v) is 8.59. The van der Waals surface area contributed by atoms with Crippen molar-refractivity contribution in [3.8, 4) is 17.2 Å². The molecule has 6 heteroatoms. The van der Waals surface area contributed by atoms with Gasteiger partial charge in [0.05, 0.1) is 7.11 Å². The summed E-state index contributed by atoms with van der Waals surface area (Å²) in [6.07, 6.45) is 6.88. The second-order valence-electron chi connectivity index (χ2n) is 11.1. The van der Waals surface area contributed by atoms with E-state index in [2.05, 4.69) is 47.1 Å². The van der Waals surface area contributed by atoms with E-state index in [0.29, 0.717) is 11.7 Å². The predicted octanol–water partition coefficient (Wildman–Crippen LogP) is 5.62. The van der Waals surface area contributed by atoms with Gasteiger partial charge in [0, 0.05) is 31.7 Å². The first-order valence-electron chi connectivity index (χ1n) is 14.1. The summed E-state index contributed by atoms with van der Waals surface area (Å²) in [6.45, 7) is 7.23. The number of benzene rings is 3. The van der Waals surface area contributed by atoms with Crippen molar-refractivity contribution in [3.63, 3.8) is 0 Å². The summed E-state index contributed by atoms with van der Waals surface area (Å²) in [7, 11) is 1.73. The highest BCUT2D eigenvalue weighted by molar-refractivity contribution is 5.97. The lowest BCUT2D eigenvalue weighted by Gasteiger charge is -2.35. The number of hydrogen-bond donors (Lipinski definition) is 0. The Hall–Kier alpha value is -3.25. The number of methoxy groups -OCH3 is 1. The summed E-state index contributed by atoms with van der Waals surface area (Å²) in [5.74, 6) is 3.04. The maximum Gasteiger partial charge on any atom is 0.254 e. The summed E-state index contributed by atoms with van der Waals surface area (Å²) in [6, 6.07) is 15.0. The first-order valence-corrected chi connectivity index (χ1v) is 14.1. The summed E-state index contributed by atoms with van der Waals surface area (Å²) < 4.78 is 16.6. The second-order valence-corrected chi connectivity index (χ2v) is 11.1. The summed E-state index contributed by atoms with van der Waals surface area (Å²) in [5, 5.41) is 2.54. The van der Waals surface area contributed by atoms with E-state index in [9.17, 15) is 4.79 Å². The number of hydrogen-bond acceptors (Lipinski definition) is 5. The molecule has 1 amide bonds. The number of fused-ring (bicyclic) bond motifs is 3. The highest BCUT2D eigenvalue weighted by Crippen LogP contribution is 2.37. The van der Waals surface area contributed by atoms with E-state index in [-0.39, 0.29) is 12.7 Å². The topological polar surface area (TPSA) is 51.2 Å². The largest absolute Gasteiger partial charge is 0.496 e. The van der Waals surface area contributed by atoms with Crippen molar-refractivity contribution in [3.05, 3.63) is 64.7 Å². The first-order chi connectivity index (χ1) is 18.6. The molecule has 3 aliphatic rings. The van der Waals surface area contributed by atoms with Crippen LogP contribution in [0.1, 0.15) is 52.7 Å². The third-order valence-electron chi connectivity index (χ3n) is 8.59. The van der Waals surface area contributed by atoms with Crippen molar-refractivity contribution in [2.75, 3.05) is 46.6 Å². The fourth-order valence-electron chi connectivity index (χ4n) is 6.43. The van der Waals surface area contributed by atoms with Crippen molar-refractivity contribution in [2.45, 2.75) is 45.4 Å². The molecule has 3 aromatic carbocycles. The van der Waals surface area contributed by atoms with Gasteiger partial charge in [0.2, 0.25) is 6.79 Å². The minimum Gasteiger partial charge on any atom is -0.496 e. The van der Waals surface area contributed by atoms with Crippen LogP contribution in [0.3, 0.4) is 0 Å². The zero-order valence-corrected chi connectivity index (χ0v) is 22.6. The molecule has 0 spiro atoms. The molecule has 0 N–H and O–H groups in total. The van der Waals surface area contributed by atoms with Crippen LogP contribution in [0.25, 0.3) is 10.8 Å². The average Bonchev–Trinajstić information content (AvgIpc) is 3.38. The van der Waals surface area contributed by atoms with Gasteiger partial charge < -0.3 is 24.0 Å². The fourth-order valence-corrected chi connectivity index (χ4v) is 6.43. The summed E-state index contributed by atoms with van der Waals surface area (Å²) >= 11 is 0. The molecule has 1 unspecified atom stereocenters. The fraction of sp³-hybridized carbons (Fsp3) is 0.469. The molecule has 3 aromatic rings. The highest BCUT2D eigenvalue weighted by atomic mass is 16.7. The molecule has 6 rings (SSSR count). The number of aryl methyl sites for hydroxylation is 1. The SMILES string of the molecule is COc1ccc2cc(CCN3CCCCCC(CN4CCc5cc6c(cc5C4=O)OCO6)C3)ccc2c1C. The van der Waals surface area contributed by atoms with Crippen LogP contribution in [0.15, 0.2) is 42.5 Å². The Morgan fingerprint density at radius 1 is 1.00 bits per heavy atom. The van der Waals surface area contributed by atoms with Gasteiger partial charge in [-0.05, 0) is 90.7 Å². The number of carbonyl (C=O) groups is 1. The smallest absolute Gasteiger partial charge is 0.254 e. The normalized spacial score (nSPS) is 19.8. The van der Waals surface area contributed by atoms with Crippen LogP contribution in [0.4, 0.5) is 0 Å². The van der Waals surface area contributed by atoms with Crippen LogP contribution >= 0.6 is 0 Å². The zero-order chi connectivity index (χ0) is 26.1. The highest BCUT2D eigenvalue weighted by Gasteiger charge is 2.30. The molecule has 1 atom stereocenters. The van der Waals surface area contributed by atoms with E-state index in [1.165, 1.54) is 47.6 Å². The Morgan fingerprint density at radius 3 is 2.74 bits per heavy atom. The van der Waals surface area contributed by atoms with Crippen molar-refractivity contribution in [2.24, 2.45) is 5.92 Å². The molecule has 0 radical (unpaired) electrons. The molecule has 200 valence electrons. The number of carbonyl (C=O) groups excluding carboxylic acids is 1. The van der Waals surface area contributed by atoms with Crippen LogP contribution in [-0.2, 0) is 12.8 Å². The van der Waals surface area contributed by atoms with E-state index < -0.39 is 0 Å². The molecule has 0 bridgehead atoms. The number of likely N-dealkylation sites (tertiary alicyclic amines) is 1. The summed E-state index contributed by atoms with van der Waals surface area (Å²) in [4.78, 5) is 18.1. The molecule has 0 saturated carbocycles. The van der Waals surface area contributed by atoms with Gasteiger partial charge in [0.1, 0.15) is 5.75 Å². The summed E-state index contributed by atoms with van der Waals surface area (Å²) in [5.41, 5.74) is 4.44. The number of nitrogens with zero attached hydrogens (tertiary/aromatic N) is 2. The predicted molar refractivity (Wildman–Crippen MR) is 150 cm³/mol. The lowest BCUT2D eigenvalue weighted by Crippen LogP contribution is -2.44. The van der Waals surface area contributed by atoms with Crippen LogP contribution in [-0.4, -0.2) is 62.3 Å². The van der Waals surface area contributed by atoms with Crippen molar-refractivity contribution in [1.29, 1.82) is 0 Å². The van der Waals surface area contributed by atoms with Crippen molar-refractivity contribution < 1.29 is 19.0 Å². The van der Waals surface area contributed by atoms with E-state index >= 15 is 0 Å². The van der Waals surface area contributed by atoms with E-state index in [4.69, 9.17) is 14.2 Å². The second kappa shape index (κ2) is 10.9. The minimum atomic E-state index is 0.140. The van der Waals surface area contributed by atoms with Crippen LogP contribution in [0.2, 0.25) is 0 Å². The van der Waals surface area contributed by atoms with Crippen LogP contribution < -0.4 is 14.2 Å². The lowest BCUT2D eigenvalue weighted by atomic mass is 9.94. The Bertz CT molecular complexity index is 1340. The Labute approximate surface area is 225 Å². The number of rotatable bonds is 6. The van der Waals surface area contributed by atoms with E-state index in [0.717, 1.165) is 68.2 Å². The van der Waals surface area contributed by atoms with Gasteiger partial charge in [-0.3, -0.25) is 4.79 Å². The van der Waals surface area contributed by atoms with Gasteiger partial charge in [-0.1, -0.05) is 37.1 Å². The van der Waals surface area contributed by atoms with Crippen molar-refractivity contribution >= 4 is 16.7 Å². The Morgan fingerprint density at radius 2 is 1.87 bits per heavy atom. The van der Waals surface area contributed by atoms with E-state index in [1.54, 1.807) is 7.11 Å². The molecule has 3 aliphatic heterocycles. The molecule has 6 nitrogen and oxygen atoms in total. The molecule has 0 aliphatic carbocycles. The zero-order valence-electron chi connectivity index (χ0n) is 22.6. The van der Waals surface area contributed by atoms with Crippen LogP contribution in [0, 0.1) is 12.8 Å². The molecule has 38 heavy (non-hydrogen) atoms. The monoisotopic (exact) mass is 514 g/mol. The third kappa shape index (κ3) is 5.06. The maximum absolute atomic E-state index is 13.4. The molecular weight excluding hydrogens is 476 g/mol. The van der Waals surface area contributed by atoms with E-state index in [1.807, 2.05) is 12.1 Å². The molecular formula is C32H38N2O4. The average molecular weight is 515 g/mol. The quantitative estimate of drug-likeness (QED) is 0.428. The first kappa shape index (κ1) is 25.1. The van der Waals surface area contributed by atoms with Gasteiger partial charge >= 0.3 is 0 Å². The Kier molecular flexibility index (Phi) is 7.16. The van der Waals surface area contributed by atoms with Crippen LogP contribution in [0.5, 0.6) is 17.2 Å². The van der Waals surface area contributed by atoms with Crippen molar-refractivity contribution in [1.82, 2.24) is 9.80 Å². The molecule has 1 saturated heterocycles.